The van der Waals surface area contributed by atoms with Gasteiger partial charge >= 0.3 is 6.09 Å². The number of carbonyl (C=O) groups excluding carboxylic acids is 1. The molecule has 106 valence electrons. The third-order valence-corrected chi connectivity index (χ3v) is 3.57. The van der Waals surface area contributed by atoms with E-state index < -0.39 is 17.2 Å². The molecule has 0 aromatic carbocycles. The second kappa shape index (κ2) is 5.05. The van der Waals surface area contributed by atoms with E-state index in [4.69, 9.17) is 15.2 Å². The zero-order valence-electron chi connectivity index (χ0n) is 12.1. The molecule has 0 aromatic rings. The maximum Gasteiger partial charge on any atom is 0.408 e. The first kappa shape index (κ1) is 15.2. The van der Waals surface area contributed by atoms with E-state index in [1.807, 2.05) is 34.6 Å². The molecule has 1 unspecified atom stereocenters. The first-order valence-corrected chi connectivity index (χ1v) is 6.41. The van der Waals surface area contributed by atoms with E-state index in [9.17, 15) is 4.79 Å². The average molecular weight is 258 g/mol. The molecule has 0 aliphatic carbocycles. The van der Waals surface area contributed by atoms with Crippen LogP contribution in [0.1, 0.15) is 41.0 Å². The lowest BCUT2D eigenvalue weighted by atomic mass is 9.71. The van der Waals surface area contributed by atoms with Crippen LogP contribution in [-0.4, -0.2) is 37.0 Å². The van der Waals surface area contributed by atoms with Crippen LogP contribution in [0, 0.1) is 5.41 Å². The van der Waals surface area contributed by atoms with Crippen LogP contribution in [0.4, 0.5) is 4.79 Å². The van der Waals surface area contributed by atoms with Gasteiger partial charge in [-0.05, 0) is 33.7 Å². The minimum Gasteiger partial charge on any atom is -0.444 e. The Morgan fingerprint density at radius 1 is 1.39 bits per heavy atom. The molecule has 0 bridgehead atoms. The molecule has 3 N–H and O–H groups in total. The Morgan fingerprint density at radius 3 is 2.39 bits per heavy atom. The first-order chi connectivity index (χ1) is 8.12. The molecule has 1 heterocycles. The first-order valence-electron chi connectivity index (χ1n) is 6.41. The Kier molecular flexibility index (Phi) is 4.28. The number of nitrogens with two attached hydrogens (primary N) is 1. The lowest BCUT2D eigenvalue weighted by Gasteiger charge is -2.43. The Balaban J connectivity index is 2.79. The molecule has 0 spiro atoms. The summed E-state index contributed by atoms with van der Waals surface area (Å²) >= 11 is 0. The Labute approximate surface area is 109 Å². The van der Waals surface area contributed by atoms with Crippen molar-refractivity contribution in [2.45, 2.75) is 52.2 Å². The van der Waals surface area contributed by atoms with Crippen LogP contribution in [0.5, 0.6) is 0 Å². The predicted octanol–water partition coefficient (Wildman–Crippen LogP) is 1.66. The summed E-state index contributed by atoms with van der Waals surface area (Å²) in [4.78, 5) is 12.0. The number of hydrogen-bond acceptors (Lipinski definition) is 4. The van der Waals surface area contributed by atoms with Gasteiger partial charge in [0.2, 0.25) is 0 Å². The number of ether oxygens (including phenoxy) is 2. The van der Waals surface area contributed by atoms with Crippen molar-refractivity contribution >= 4 is 6.09 Å². The van der Waals surface area contributed by atoms with E-state index in [0.717, 1.165) is 6.42 Å². The summed E-state index contributed by atoms with van der Waals surface area (Å²) in [5.74, 6) is 0. The maximum atomic E-state index is 12.0. The standard InChI is InChI=1S/C13H26N2O3/c1-11(2,3)18-10(16)15-13(6-7-17-9-13)12(4,5)8-14/h6-9,14H2,1-5H3,(H,15,16). The highest BCUT2D eigenvalue weighted by Gasteiger charge is 2.48. The van der Waals surface area contributed by atoms with Gasteiger partial charge < -0.3 is 20.5 Å². The van der Waals surface area contributed by atoms with Crippen LogP contribution >= 0.6 is 0 Å². The molecule has 1 atom stereocenters. The smallest absolute Gasteiger partial charge is 0.408 e. The van der Waals surface area contributed by atoms with Gasteiger partial charge in [-0.25, -0.2) is 4.79 Å². The van der Waals surface area contributed by atoms with Gasteiger partial charge in [0.1, 0.15) is 5.60 Å². The molecule has 18 heavy (non-hydrogen) atoms. The third-order valence-electron chi connectivity index (χ3n) is 3.57. The molecule has 0 radical (unpaired) electrons. The fourth-order valence-corrected chi connectivity index (χ4v) is 2.06. The number of hydrogen-bond donors (Lipinski definition) is 2. The largest absolute Gasteiger partial charge is 0.444 e. The van der Waals surface area contributed by atoms with Crippen LogP contribution in [-0.2, 0) is 9.47 Å². The summed E-state index contributed by atoms with van der Waals surface area (Å²) in [5, 5.41) is 2.97. The van der Waals surface area contributed by atoms with Crippen molar-refractivity contribution in [2.24, 2.45) is 11.1 Å². The van der Waals surface area contributed by atoms with Crippen molar-refractivity contribution in [3.05, 3.63) is 0 Å². The van der Waals surface area contributed by atoms with Crippen LogP contribution in [0.15, 0.2) is 0 Å². The molecule has 1 aliphatic heterocycles. The van der Waals surface area contributed by atoms with Crippen molar-refractivity contribution < 1.29 is 14.3 Å². The van der Waals surface area contributed by atoms with Crippen LogP contribution in [0.2, 0.25) is 0 Å². The third kappa shape index (κ3) is 3.36. The lowest BCUT2D eigenvalue weighted by Crippen LogP contribution is -2.61. The monoisotopic (exact) mass is 258 g/mol. The number of carbonyl (C=O) groups is 1. The molecule has 1 rings (SSSR count). The van der Waals surface area contributed by atoms with Crippen molar-refractivity contribution in [1.82, 2.24) is 5.32 Å². The molecule has 5 nitrogen and oxygen atoms in total. The topological polar surface area (TPSA) is 73.6 Å². The maximum absolute atomic E-state index is 12.0. The zero-order chi connectivity index (χ0) is 14.0. The summed E-state index contributed by atoms with van der Waals surface area (Å²) in [6.45, 7) is 11.2. The molecule has 1 aliphatic rings. The number of alkyl carbamates (subject to hydrolysis) is 1. The molecule has 0 saturated carbocycles. The van der Waals surface area contributed by atoms with Crippen molar-refractivity contribution in [3.8, 4) is 0 Å². The fraction of sp³-hybridized carbons (Fsp3) is 0.923. The van der Waals surface area contributed by atoms with Gasteiger partial charge in [-0.15, -0.1) is 0 Å². The van der Waals surface area contributed by atoms with Gasteiger partial charge in [0.15, 0.2) is 0 Å². The van der Waals surface area contributed by atoms with Crippen molar-refractivity contribution in [3.63, 3.8) is 0 Å². The van der Waals surface area contributed by atoms with Crippen LogP contribution in [0.3, 0.4) is 0 Å². The fourth-order valence-electron chi connectivity index (χ4n) is 2.06. The molecule has 0 aromatic heterocycles. The van der Waals surface area contributed by atoms with Crippen LogP contribution < -0.4 is 11.1 Å². The van der Waals surface area contributed by atoms with E-state index in [-0.39, 0.29) is 5.41 Å². The highest BCUT2D eigenvalue weighted by atomic mass is 16.6. The van der Waals surface area contributed by atoms with Gasteiger partial charge in [-0.1, -0.05) is 13.8 Å². The summed E-state index contributed by atoms with van der Waals surface area (Å²) in [5.41, 5.74) is 4.65. The number of amides is 1. The van der Waals surface area contributed by atoms with Gasteiger partial charge in [-0.3, -0.25) is 0 Å². The van der Waals surface area contributed by atoms with E-state index >= 15 is 0 Å². The molecule has 1 amide bonds. The Bertz CT molecular complexity index is 302. The van der Waals surface area contributed by atoms with Crippen LogP contribution in [0.25, 0.3) is 0 Å². The quantitative estimate of drug-likeness (QED) is 0.807. The van der Waals surface area contributed by atoms with E-state index in [1.54, 1.807) is 0 Å². The summed E-state index contributed by atoms with van der Waals surface area (Å²) < 4.78 is 10.8. The molecular formula is C13H26N2O3. The zero-order valence-corrected chi connectivity index (χ0v) is 12.1. The van der Waals surface area contributed by atoms with E-state index in [0.29, 0.717) is 19.8 Å². The molecule has 1 fully saturated rings. The van der Waals surface area contributed by atoms with Gasteiger partial charge in [0.05, 0.1) is 12.1 Å². The minimum atomic E-state index is -0.502. The number of nitrogens with one attached hydrogen (secondary N) is 1. The van der Waals surface area contributed by atoms with E-state index in [2.05, 4.69) is 5.32 Å². The summed E-state index contributed by atoms with van der Waals surface area (Å²) in [6, 6.07) is 0. The highest BCUT2D eigenvalue weighted by molar-refractivity contribution is 5.69. The minimum absolute atomic E-state index is 0.236. The second-order valence-corrected chi connectivity index (χ2v) is 6.60. The van der Waals surface area contributed by atoms with Gasteiger partial charge in [0, 0.05) is 12.0 Å². The SMILES string of the molecule is CC(C)(C)OC(=O)NC1(C(C)(C)CN)CCOC1. The number of rotatable bonds is 3. The second-order valence-electron chi connectivity index (χ2n) is 6.60. The molecule has 1 saturated heterocycles. The van der Waals surface area contributed by atoms with Crippen molar-refractivity contribution in [1.29, 1.82) is 0 Å². The van der Waals surface area contributed by atoms with E-state index in [1.165, 1.54) is 0 Å². The normalized spacial score (nSPS) is 25.0. The van der Waals surface area contributed by atoms with Gasteiger partial charge in [0.25, 0.3) is 0 Å². The lowest BCUT2D eigenvalue weighted by molar-refractivity contribution is 0.0286. The summed E-state index contributed by atoms with van der Waals surface area (Å²) in [7, 11) is 0. The molecular weight excluding hydrogens is 232 g/mol. The Hall–Kier alpha value is -0.810. The predicted molar refractivity (Wildman–Crippen MR) is 70.4 cm³/mol. The molecule has 5 heteroatoms. The highest BCUT2D eigenvalue weighted by Crippen LogP contribution is 2.37. The van der Waals surface area contributed by atoms with Crippen molar-refractivity contribution in [2.75, 3.05) is 19.8 Å². The summed E-state index contributed by atoms with van der Waals surface area (Å²) in [6.07, 6.45) is 0.353. The Morgan fingerprint density at radius 2 is 2.00 bits per heavy atom. The van der Waals surface area contributed by atoms with Gasteiger partial charge in [-0.2, -0.15) is 0 Å². The average Bonchev–Trinajstić information content (AvgIpc) is 2.64.